The van der Waals surface area contributed by atoms with Crippen LogP contribution in [0.15, 0.2) is 52.6 Å². The molecule has 1 aliphatic heterocycles. The normalized spacial score (nSPS) is 14.0. The summed E-state index contributed by atoms with van der Waals surface area (Å²) in [7, 11) is -2.29. The summed E-state index contributed by atoms with van der Waals surface area (Å²) in [6.45, 7) is 3.92. The van der Waals surface area contributed by atoms with Crippen molar-refractivity contribution in [2.24, 2.45) is 0 Å². The average Bonchev–Trinajstić information content (AvgIpc) is 2.72. The molecule has 0 atom stereocenters. The van der Waals surface area contributed by atoms with E-state index in [0.717, 1.165) is 28.6 Å². The Hall–Kier alpha value is -2.62. The van der Waals surface area contributed by atoms with Gasteiger partial charge in [-0.15, -0.1) is 0 Å². The minimum absolute atomic E-state index is 0.00819. The third-order valence-corrected chi connectivity index (χ3v) is 7.78. The molecule has 0 spiro atoms. The molecule has 4 rings (SSSR count). The van der Waals surface area contributed by atoms with Crippen LogP contribution in [0.25, 0.3) is 11.3 Å². The highest BCUT2D eigenvalue weighted by Crippen LogP contribution is 2.42. The van der Waals surface area contributed by atoms with Gasteiger partial charge in [-0.2, -0.15) is 0 Å². The molecule has 1 N–H and O–H groups in total. The van der Waals surface area contributed by atoms with E-state index < -0.39 is 10.0 Å². The van der Waals surface area contributed by atoms with E-state index in [-0.39, 0.29) is 22.2 Å². The zero-order valence-corrected chi connectivity index (χ0v) is 19.4. The number of halogens is 1. The molecule has 0 radical (unpaired) electrons. The molecule has 0 bridgehead atoms. The lowest BCUT2D eigenvalue weighted by Crippen LogP contribution is -2.31. The summed E-state index contributed by atoms with van der Waals surface area (Å²) < 4.78 is 26.8. The average molecular weight is 475 g/mol. The van der Waals surface area contributed by atoms with Crippen LogP contribution in [0.5, 0.6) is 0 Å². The van der Waals surface area contributed by atoms with Crippen LogP contribution >= 0.6 is 23.4 Å². The Labute approximate surface area is 189 Å². The van der Waals surface area contributed by atoms with Gasteiger partial charge in [0, 0.05) is 23.3 Å². The molecule has 1 aliphatic rings. The number of hydrogen-bond acceptors (Lipinski definition) is 6. The van der Waals surface area contributed by atoms with Crippen LogP contribution in [0, 0.1) is 13.8 Å². The molecule has 0 unspecified atom stereocenters. The van der Waals surface area contributed by atoms with Crippen LogP contribution in [0.4, 0.5) is 11.4 Å². The van der Waals surface area contributed by atoms with E-state index >= 15 is 0 Å². The second-order valence-corrected chi connectivity index (χ2v) is 10.5. The SMILES string of the molecule is Cc1ccc(NC(=O)CSc2ncc3c(n2)-c2cc(Cl)ccc2N(C)S3(=O)=O)c(C)c1. The van der Waals surface area contributed by atoms with Crippen LogP contribution in [0.1, 0.15) is 11.1 Å². The Morgan fingerprint density at radius 2 is 1.97 bits per heavy atom. The molecule has 31 heavy (non-hydrogen) atoms. The quantitative estimate of drug-likeness (QED) is 0.448. The first-order valence-corrected chi connectivity index (χ1v) is 12.1. The number of thioether (sulfide) groups is 1. The van der Waals surface area contributed by atoms with Crippen molar-refractivity contribution in [2.45, 2.75) is 23.9 Å². The summed E-state index contributed by atoms with van der Waals surface area (Å²) in [5.74, 6) is -0.115. The van der Waals surface area contributed by atoms with Crippen molar-refractivity contribution < 1.29 is 13.2 Å². The molecule has 1 amide bonds. The molecular formula is C21H19ClN4O3S2. The Kier molecular flexibility index (Phi) is 5.67. The van der Waals surface area contributed by atoms with Gasteiger partial charge in [0.05, 0.1) is 23.3 Å². The highest BCUT2D eigenvalue weighted by molar-refractivity contribution is 7.99. The lowest BCUT2D eigenvalue weighted by atomic mass is 10.1. The fraction of sp³-hybridized carbons (Fsp3) is 0.190. The van der Waals surface area contributed by atoms with Crippen molar-refractivity contribution in [3.05, 3.63) is 58.7 Å². The van der Waals surface area contributed by atoms with E-state index in [4.69, 9.17) is 11.6 Å². The maximum Gasteiger partial charge on any atom is 0.267 e. The molecule has 1 aromatic heterocycles. The number of aryl methyl sites for hydroxylation is 2. The molecule has 2 aromatic carbocycles. The molecule has 0 saturated heterocycles. The van der Waals surface area contributed by atoms with E-state index in [0.29, 0.717) is 21.4 Å². The third kappa shape index (κ3) is 4.13. The first-order chi connectivity index (χ1) is 14.7. The van der Waals surface area contributed by atoms with Gasteiger partial charge in [-0.1, -0.05) is 41.1 Å². The Morgan fingerprint density at radius 1 is 1.19 bits per heavy atom. The summed E-state index contributed by atoms with van der Waals surface area (Å²) in [5, 5.41) is 3.65. The van der Waals surface area contributed by atoms with Gasteiger partial charge in [-0.25, -0.2) is 18.4 Å². The number of nitrogens with one attached hydrogen (secondary N) is 1. The monoisotopic (exact) mass is 474 g/mol. The number of amides is 1. The van der Waals surface area contributed by atoms with Crippen molar-refractivity contribution in [3.8, 4) is 11.3 Å². The van der Waals surface area contributed by atoms with Crippen LogP contribution in [-0.4, -0.2) is 37.1 Å². The molecule has 7 nitrogen and oxygen atoms in total. The molecule has 3 aromatic rings. The highest BCUT2D eigenvalue weighted by Gasteiger charge is 2.34. The first kappa shape index (κ1) is 21.6. The summed E-state index contributed by atoms with van der Waals surface area (Å²) in [5.41, 5.74) is 4.21. The number of fused-ring (bicyclic) bond motifs is 3. The first-order valence-electron chi connectivity index (χ1n) is 9.32. The molecule has 0 saturated carbocycles. The second-order valence-electron chi connectivity index (χ2n) is 7.15. The lowest BCUT2D eigenvalue weighted by Gasteiger charge is -2.28. The predicted molar refractivity (Wildman–Crippen MR) is 123 cm³/mol. The number of hydrogen-bond donors (Lipinski definition) is 1. The predicted octanol–water partition coefficient (Wildman–Crippen LogP) is 4.28. The zero-order chi connectivity index (χ0) is 22.3. The molecule has 160 valence electrons. The number of carbonyl (C=O) groups is 1. The van der Waals surface area contributed by atoms with E-state index in [2.05, 4.69) is 15.3 Å². The maximum absolute atomic E-state index is 12.8. The van der Waals surface area contributed by atoms with E-state index in [1.54, 1.807) is 18.2 Å². The summed E-state index contributed by atoms with van der Waals surface area (Å²) in [4.78, 5) is 21.0. The van der Waals surface area contributed by atoms with Crippen molar-refractivity contribution >= 4 is 50.7 Å². The number of rotatable bonds is 4. The summed E-state index contributed by atoms with van der Waals surface area (Å²) in [6.07, 6.45) is 1.28. The fourth-order valence-electron chi connectivity index (χ4n) is 3.33. The number of nitrogens with zero attached hydrogens (tertiary/aromatic N) is 3. The molecule has 10 heteroatoms. The number of anilines is 2. The largest absolute Gasteiger partial charge is 0.325 e. The van der Waals surface area contributed by atoms with Gasteiger partial charge < -0.3 is 5.32 Å². The maximum atomic E-state index is 12.8. The van der Waals surface area contributed by atoms with E-state index in [1.165, 1.54) is 17.5 Å². The second kappa shape index (κ2) is 8.14. The van der Waals surface area contributed by atoms with Gasteiger partial charge in [0.15, 0.2) is 5.16 Å². The number of sulfonamides is 1. The van der Waals surface area contributed by atoms with Crippen molar-refractivity contribution in [1.29, 1.82) is 0 Å². The summed E-state index contributed by atoms with van der Waals surface area (Å²) in [6, 6.07) is 10.7. The highest BCUT2D eigenvalue weighted by atomic mass is 35.5. The molecule has 0 fully saturated rings. The topological polar surface area (TPSA) is 92.3 Å². The minimum atomic E-state index is -3.77. The standard InChI is InChI=1S/C21H19ClN4O3S2/c1-12-4-6-16(13(2)8-12)24-19(27)11-30-21-23-10-18-20(25-21)15-9-14(22)5-7-17(15)26(3)31(18,28)29/h4-10H,11H2,1-3H3,(H,24,27). The fourth-order valence-corrected chi connectivity index (χ4v) is 5.41. The zero-order valence-electron chi connectivity index (χ0n) is 17.0. The van der Waals surface area contributed by atoms with Crippen LogP contribution in [-0.2, 0) is 14.8 Å². The molecule has 2 heterocycles. The van der Waals surface area contributed by atoms with Gasteiger partial charge in [0.25, 0.3) is 10.0 Å². The lowest BCUT2D eigenvalue weighted by molar-refractivity contribution is -0.113. The molecule has 0 aliphatic carbocycles. The Morgan fingerprint density at radius 3 is 2.71 bits per heavy atom. The van der Waals surface area contributed by atoms with Crippen molar-refractivity contribution in [3.63, 3.8) is 0 Å². The minimum Gasteiger partial charge on any atom is -0.325 e. The van der Waals surface area contributed by atoms with Crippen LogP contribution in [0.3, 0.4) is 0 Å². The van der Waals surface area contributed by atoms with Crippen LogP contribution in [0.2, 0.25) is 5.02 Å². The van der Waals surface area contributed by atoms with Gasteiger partial charge >= 0.3 is 0 Å². The van der Waals surface area contributed by atoms with E-state index in [9.17, 15) is 13.2 Å². The van der Waals surface area contributed by atoms with Gasteiger partial charge in [0.1, 0.15) is 4.90 Å². The molecular weight excluding hydrogens is 456 g/mol. The number of carbonyl (C=O) groups excluding carboxylic acids is 1. The number of aromatic nitrogens is 2. The Bertz CT molecular complexity index is 1310. The van der Waals surface area contributed by atoms with Crippen molar-refractivity contribution in [1.82, 2.24) is 9.97 Å². The summed E-state index contributed by atoms with van der Waals surface area (Å²) >= 11 is 7.27. The van der Waals surface area contributed by atoms with Gasteiger partial charge in [0.2, 0.25) is 5.91 Å². The Balaban J connectivity index is 1.58. The number of benzene rings is 2. The smallest absolute Gasteiger partial charge is 0.267 e. The van der Waals surface area contributed by atoms with Crippen LogP contribution < -0.4 is 9.62 Å². The van der Waals surface area contributed by atoms with Gasteiger partial charge in [-0.3, -0.25) is 9.10 Å². The third-order valence-electron chi connectivity index (χ3n) is 4.91. The van der Waals surface area contributed by atoms with E-state index in [1.807, 2.05) is 32.0 Å². The van der Waals surface area contributed by atoms with Gasteiger partial charge in [-0.05, 0) is 43.7 Å². The van der Waals surface area contributed by atoms with Crippen molar-refractivity contribution in [2.75, 3.05) is 22.4 Å².